The maximum Gasteiger partial charge on any atom is 0.0701 e. The highest BCUT2D eigenvalue weighted by Crippen LogP contribution is 2.11. The van der Waals surface area contributed by atoms with Gasteiger partial charge in [0.25, 0.3) is 0 Å². The molecule has 0 saturated carbocycles. The van der Waals surface area contributed by atoms with Gasteiger partial charge in [0.1, 0.15) is 0 Å². The fraction of sp³-hybridized carbons (Fsp3) is 0.312. The van der Waals surface area contributed by atoms with Crippen LogP contribution in [-0.2, 0) is 6.42 Å². The lowest BCUT2D eigenvalue weighted by Gasteiger charge is -2.05. The first-order chi connectivity index (χ1) is 8.21. The van der Waals surface area contributed by atoms with Gasteiger partial charge in [0, 0.05) is 11.3 Å². The number of rotatable bonds is 5. The molecule has 0 aliphatic carbocycles. The van der Waals surface area contributed by atoms with Crippen LogP contribution < -0.4 is 0 Å². The highest BCUT2D eigenvalue weighted by molar-refractivity contribution is 6.09. The Kier molecular flexibility index (Phi) is 5.41. The van der Waals surface area contributed by atoms with Crippen molar-refractivity contribution in [3.8, 4) is 0 Å². The Labute approximate surface area is 105 Å². The van der Waals surface area contributed by atoms with Crippen molar-refractivity contribution in [2.45, 2.75) is 33.6 Å². The van der Waals surface area contributed by atoms with E-state index in [4.69, 9.17) is 0 Å². The second-order valence-electron chi connectivity index (χ2n) is 3.97. The molecule has 0 fully saturated rings. The molecule has 1 nitrogen and oxygen atoms in total. The van der Waals surface area contributed by atoms with Gasteiger partial charge in [0.05, 0.1) is 5.71 Å². The van der Waals surface area contributed by atoms with Crippen LogP contribution in [0.1, 0.15) is 38.3 Å². The summed E-state index contributed by atoms with van der Waals surface area (Å²) in [5.74, 6) is 0. The van der Waals surface area contributed by atoms with Crippen LogP contribution in [0.25, 0.3) is 0 Å². The van der Waals surface area contributed by atoms with E-state index in [0.717, 1.165) is 29.8 Å². The lowest BCUT2D eigenvalue weighted by atomic mass is 10.0. The van der Waals surface area contributed by atoms with Crippen molar-refractivity contribution in [1.29, 1.82) is 0 Å². The topological polar surface area (TPSA) is 12.4 Å². The summed E-state index contributed by atoms with van der Waals surface area (Å²) < 4.78 is 0. The molecule has 0 N–H and O–H groups in total. The Balaban J connectivity index is 3.13. The zero-order chi connectivity index (χ0) is 12.7. The Morgan fingerprint density at radius 1 is 1.35 bits per heavy atom. The summed E-state index contributed by atoms with van der Waals surface area (Å²) >= 11 is 0. The number of aryl methyl sites for hydroxylation is 1. The molecule has 1 aromatic rings. The molecule has 0 radical (unpaired) electrons. The van der Waals surface area contributed by atoms with E-state index in [1.807, 2.05) is 19.1 Å². The van der Waals surface area contributed by atoms with Gasteiger partial charge in [-0.15, -0.1) is 0 Å². The van der Waals surface area contributed by atoms with Crippen LogP contribution in [-0.4, -0.2) is 5.71 Å². The summed E-state index contributed by atoms with van der Waals surface area (Å²) in [6.07, 6.45) is 5.98. The number of hydrogen-bond donors (Lipinski definition) is 0. The molecule has 0 saturated heterocycles. The van der Waals surface area contributed by atoms with E-state index in [-0.39, 0.29) is 0 Å². The third kappa shape index (κ3) is 4.03. The summed E-state index contributed by atoms with van der Waals surface area (Å²) in [5.41, 5.74) is 4.41. The molecule has 0 aliphatic rings. The van der Waals surface area contributed by atoms with Gasteiger partial charge >= 0.3 is 0 Å². The standard InChI is InChI=1S/C16H21N/c1-5-9-16(17-13(4)6-2)15-11-8-10-14(7-3)12-15/h5,8-12H,4,6-7H2,1-3H3/b9-5-,17-16?. The number of hydrogen-bond acceptors (Lipinski definition) is 1. The minimum atomic E-state index is 0.883. The molecule has 0 unspecified atom stereocenters. The lowest BCUT2D eigenvalue weighted by Crippen LogP contribution is -1.98. The predicted octanol–water partition coefficient (Wildman–Crippen LogP) is 4.54. The first-order valence-electron chi connectivity index (χ1n) is 6.19. The van der Waals surface area contributed by atoms with Crippen LogP contribution in [0.4, 0.5) is 0 Å². The van der Waals surface area contributed by atoms with Crippen molar-refractivity contribution < 1.29 is 0 Å². The van der Waals surface area contributed by atoms with Gasteiger partial charge in [-0.3, -0.25) is 4.99 Å². The third-order valence-electron chi connectivity index (χ3n) is 2.64. The number of aliphatic imine (C=N–C) groups is 1. The van der Waals surface area contributed by atoms with Crippen LogP contribution >= 0.6 is 0 Å². The van der Waals surface area contributed by atoms with Gasteiger partial charge < -0.3 is 0 Å². The second-order valence-corrected chi connectivity index (χ2v) is 3.97. The Morgan fingerprint density at radius 2 is 2.12 bits per heavy atom. The molecular formula is C16H21N. The van der Waals surface area contributed by atoms with Crippen molar-refractivity contribution in [3.05, 3.63) is 59.8 Å². The Morgan fingerprint density at radius 3 is 2.71 bits per heavy atom. The highest BCUT2D eigenvalue weighted by Gasteiger charge is 2.01. The average molecular weight is 227 g/mol. The third-order valence-corrected chi connectivity index (χ3v) is 2.64. The van der Waals surface area contributed by atoms with E-state index in [1.54, 1.807) is 0 Å². The van der Waals surface area contributed by atoms with E-state index in [2.05, 4.69) is 49.7 Å². The fourth-order valence-corrected chi connectivity index (χ4v) is 1.56. The van der Waals surface area contributed by atoms with Crippen LogP contribution in [0.2, 0.25) is 0 Å². The van der Waals surface area contributed by atoms with Crippen LogP contribution in [0.3, 0.4) is 0 Å². The first-order valence-corrected chi connectivity index (χ1v) is 6.19. The number of benzene rings is 1. The Hall–Kier alpha value is -1.63. The van der Waals surface area contributed by atoms with Crippen molar-refractivity contribution in [3.63, 3.8) is 0 Å². The molecule has 1 heteroatoms. The predicted molar refractivity (Wildman–Crippen MR) is 76.6 cm³/mol. The zero-order valence-corrected chi connectivity index (χ0v) is 11.0. The fourth-order valence-electron chi connectivity index (χ4n) is 1.56. The summed E-state index contributed by atoms with van der Waals surface area (Å²) in [6, 6.07) is 8.52. The van der Waals surface area contributed by atoms with Gasteiger partial charge in [-0.2, -0.15) is 0 Å². The highest BCUT2D eigenvalue weighted by atomic mass is 14.7. The van der Waals surface area contributed by atoms with E-state index >= 15 is 0 Å². The number of nitrogens with zero attached hydrogens (tertiary/aromatic N) is 1. The molecule has 0 atom stereocenters. The molecule has 0 amide bonds. The summed E-state index contributed by atoms with van der Waals surface area (Å²) in [4.78, 5) is 4.57. The molecule has 0 aromatic heterocycles. The van der Waals surface area contributed by atoms with Crippen molar-refractivity contribution in [1.82, 2.24) is 0 Å². The van der Waals surface area contributed by atoms with Gasteiger partial charge in [0.2, 0.25) is 0 Å². The maximum atomic E-state index is 4.57. The summed E-state index contributed by atoms with van der Waals surface area (Å²) in [7, 11) is 0. The van der Waals surface area contributed by atoms with Crippen molar-refractivity contribution in [2.75, 3.05) is 0 Å². The van der Waals surface area contributed by atoms with Crippen molar-refractivity contribution in [2.24, 2.45) is 4.99 Å². The van der Waals surface area contributed by atoms with Crippen molar-refractivity contribution >= 4 is 5.71 Å². The zero-order valence-electron chi connectivity index (χ0n) is 11.0. The molecule has 1 rings (SSSR count). The molecule has 1 aromatic carbocycles. The smallest absolute Gasteiger partial charge is 0.0701 e. The first kappa shape index (κ1) is 13.4. The number of allylic oxidation sites excluding steroid dienone is 3. The summed E-state index contributed by atoms with van der Waals surface area (Å²) in [6.45, 7) is 10.2. The van der Waals surface area contributed by atoms with Crippen LogP contribution in [0.5, 0.6) is 0 Å². The molecule has 0 heterocycles. The minimum absolute atomic E-state index is 0.883. The van der Waals surface area contributed by atoms with E-state index < -0.39 is 0 Å². The van der Waals surface area contributed by atoms with E-state index in [0.29, 0.717) is 0 Å². The van der Waals surface area contributed by atoms with E-state index in [1.165, 1.54) is 5.56 Å². The molecular weight excluding hydrogens is 206 g/mol. The largest absolute Gasteiger partial charge is 0.253 e. The quantitative estimate of drug-likeness (QED) is 0.655. The van der Waals surface area contributed by atoms with Gasteiger partial charge in [-0.05, 0) is 37.5 Å². The van der Waals surface area contributed by atoms with E-state index in [9.17, 15) is 0 Å². The summed E-state index contributed by atoms with van der Waals surface area (Å²) in [5, 5.41) is 0. The maximum absolute atomic E-state index is 4.57. The van der Waals surface area contributed by atoms with Crippen LogP contribution in [0.15, 0.2) is 53.7 Å². The Bertz CT molecular complexity index is 439. The molecule has 0 bridgehead atoms. The second kappa shape index (κ2) is 6.85. The molecule has 0 aliphatic heterocycles. The van der Waals surface area contributed by atoms with Crippen LogP contribution in [0, 0.1) is 0 Å². The van der Waals surface area contributed by atoms with Gasteiger partial charge in [-0.25, -0.2) is 0 Å². The molecule has 17 heavy (non-hydrogen) atoms. The normalized spacial score (nSPS) is 12.1. The minimum Gasteiger partial charge on any atom is -0.253 e. The SMILES string of the molecule is C=C(CC)N=C(/C=C\C)c1cccc(CC)c1. The monoisotopic (exact) mass is 227 g/mol. The molecule has 0 spiro atoms. The van der Waals surface area contributed by atoms with Gasteiger partial charge in [0.15, 0.2) is 0 Å². The average Bonchev–Trinajstić information content (AvgIpc) is 2.38. The lowest BCUT2D eigenvalue weighted by molar-refractivity contribution is 1.08. The molecule has 90 valence electrons. The van der Waals surface area contributed by atoms with Gasteiger partial charge in [-0.1, -0.05) is 44.7 Å².